The Bertz CT molecular complexity index is 791. The number of hydrogen-bond donors (Lipinski definition) is 8. The van der Waals surface area contributed by atoms with E-state index in [1.807, 2.05) is 0 Å². The topological polar surface area (TPSA) is 249 Å². The van der Waals surface area contributed by atoms with Crippen molar-refractivity contribution in [2.45, 2.75) is 62.7 Å². The molecule has 4 unspecified atom stereocenters. The van der Waals surface area contributed by atoms with E-state index < -0.39 is 53.8 Å². The fourth-order valence-corrected chi connectivity index (χ4v) is 3.68. The van der Waals surface area contributed by atoms with Crippen molar-refractivity contribution in [2.75, 3.05) is 18.8 Å². The lowest BCUT2D eigenvalue weighted by Gasteiger charge is -2.29. The standard InChI is InChI=1S/C19H34N8O6S/c20-10(3-1-7-24-19(22)23)15(29)26-12(9-34)17(31)27-8-2-4-13(27)16(30)25-11(18(32)33)5-6-14(21)28/h10-13,34H,1-9,20H2,(H2,21,28)(H,25,30)(H,26,29)(H,32,33)(H4,22,23,24). The molecule has 0 bridgehead atoms. The van der Waals surface area contributed by atoms with Gasteiger partial charge in [-0.3, -0.25) is 24.2 Å². The number of carbonyl (C=O) groups excluding carboxylic acids is 4. The van der Waals surface area contributed by atoms with Gasteiger partial charge in [-0.2, -0.15) is 12.6 Å². The molecule has 0 aromatic rings. The van der Waals surface area contributed by atoms with Gasteiger partial charge < -0.3 is 43.6 Å². The number of aliphatic imine (C=N–C) groups is 1. The first-order valence-electron chi connectivity index (χ1n) is 10.8. The van der Waals surface area contributed by atoms with Crippen molar-refractivity contribution in [3.63, 3.8) is 0 Å². The van der Waals surface area contributed by atoms with E-state index in [9.17, 15) is 29.1 Å². The molecule has 1 saturated heterocycles. The number of nitrogens with one attached hydrogen (secondary N) is 2. The SMILES string of the molecule is NC(=O)CCC(NC(=O)C1CCCN1C(=O)C(CS)NC(=O)C(N)CCCN=C(N)N)C(=O)O. The van der Waals surface area contributed by atoms with Gasteiger partial charge in [0, 0.05) is 25.3 Å². The number of primary amides is 1. The summed E-state index contributed by atoms with van der Waals surface area (Å²) in [6, 6.07) is -4.17. The van der Waals surface area contributed by atoms with E-state index in [4.69, 9.17) is 22.9 Å². The van der Waals surface area contributed by atoms with Crippen LogP contribution in [-0.2, 0) is 24.0 Å². The minimum Gasteiger partial charge on any atom is -0.480 e. The number of nitrogens with two attached hydrogens (primary N) is 4. The van der Waals surface area contributed by atoms with Crippen LogP contribution in [0, 0.1) is 0 Å². The molecule has 4 amide bonds. The number of hydrogen-bond acceptors (Lipinski definition) is 8. The Morgan fingerprint density at radius 2 is 1.76 bits per heavy atom. The number of rotatable bonds is 14. The van der Waals surface area contributed by atoms with Crippen LogP contribution in [0.4, 0.5) is 0 Å². The molecule has 1 aliphatic heterocycles. The van der Waals surface area contributed by atoms with Crippen LogP contribution in [-0.4, -0.2) is 88.6 Å². The van der Waals surface area contributed by atoms with Gasteiger partial charge >= 0.3 is 5.97 Å². The summed E-state index contributed by atoms with van der Waals surface area (Å²) in [7, 11) is 0. The average Bonchev–Trinajstić information content (AvgIpc) is 3.26. The van der Waals surface area contributed by atoms with Crippen LogP contribution in [0.3, 0.4) is 0 Å². The van der Waals surface area contributed by atoms with Crippen molar-refractivity contribution in [3.8, 4) is 0 Å². The summed E-state index contributed by atoms with van der Waals surface area (Å²) in [6.45, 7) is 0.556. The van der Waals surface area contributed by atoms with E-state index in [2.05, 4.69) is 28.3 Å². The summed E-state index contributed by atoms with van der Waals surface area (Å²) >= 11 is 4.14. The van der Waals surface area contributed by atoms with E-state index in [0.717, 1.165) is 0 Å². The molecule has 1 fully saturated rings. The summed E-state index contributed by atoms with van der Waals surface area (Å²) in [5, 5.41) is 14.2. The predicted octanol–water partition coefficient (Wildman–Crippen LogP) is -3.39. The van der Waals surface area contributed by atoms with Gasteiger partial charge in [-0.25, -0.2) is 4.79 Å². The van der Waals surface area contributed by atoms with E-state index in [1.54, 1.807) is 0 Å². The third kappa shape index (κ3) is 9.43. The number of nitrogens with zero attached hydrogens (tertiary/aromatic N) is 2. The van der Waals surface area contributed by atoms with Crippen molar-refractivity contribution < 1.29 is 29.1 Å². The third-order valence-corrected chi connectivity index (χ3v) is 5.60. The Balaban J connectivity index is 2.74. The monoisotopic (exact) mass is 502 g/mol. The van der Waals surface area contributed by atoms with E-state index in [0.29, 0.717) is 25.8 Å². The first kappa shape index (κ1) is 29.0. The van der Waals surface area contributed by atoms with Gasteiger partial charge in [0.25, 0.3) is 0 Å². The van der Waals surface area contributed by atoms with Crippen LogP contribution in [0.25, 0.3) is 0 Å². The molecular formula is C19H34N8O6S. The van der Waals surface area contributed by atoms with Gasteiger partial charge in [-0.05, 0) is 32.1 Å². The number of amides is 4. The molecule has 0 spiro atoms. The maximum absolute atomic E-state index is 13.0. The fourth-order valence-electron chi connectivity index (χ4n) is 3.43. The molecule has 1 rings (SSSR count). The van der Waals surface area contributed by atoms with Gasteiger partial charge in [0.1, 0.15) is 18.1 Å². The average molecular weight is 503 g/mol. The van der Waals surface area contributed by atoms with Crippen molar-refractivity contribution >= 4 is 48.2 Å². The molecule has 0 radical (unpaired) electrons. The van der Waals surface area contributed by atoms with Crippen LogP contribution >= 0.6 is 12.6 Å². The van der Waals surface area contributed by atoms with Gasteiger partial charge in [0.2, 0.25) is 23.6 Å². The summed E-state index contributed by atoms with van der Waals surface area (Å²) in [4.78, 5) is 65.6. The van der Waals surface area contributed by atoms with E-state index in [1.165, 1.54) is 4.90 Å². The molecule has 4 atom stereocenters. The molecular weight excluding hydrogens is 468 g/mol. The zero-order valence-corrected chi connectivity index (χ0v) is 19.7. The molecule has 15 heteroatoms. The second-order valence-corrected chi connectivity index (χ2v) is 8.26. The first-order chi connectivity index (χ1) is 16.0. The maximum atomic E-state index is 13.0. The predicted molar refractivity (Wildman–Crippen MR) is 126 cm³/mol. The smallest absolute Gasteiger partial charge is 0.326 e. The third-order valence-electron chi connectivity index (χ3n) is 5.23. The van der Waals surface area contributed by atoms with Gasteiger partial charge in [0.05, 0.1) is 6.04 Å². The Morgan fingerprint density at radius 3 is 2.32 bits per heavy atom. The van der Waals surface area contributed by atoms with E-state index >= 15 is 0 Å². The molecule has 0 aliphatic carbocycles. The zero-order chi connectivity index (χ0) is 25.8. The lowest BCUT2D eigenvalue weighted by Crippen LogP contribution is -2.57. The fraction of sp³-hybridized carbons (Fsp3) is 0.684. The number of carboxylic acid groups (broad SMARTS) is 1. The summed E-state index contributed by atoms with van der Waals surface area (Å²) in [5.74, 6) is -3.87. The van der Waals surface area contributed by atoms with Crippen LogP contribution in [0.15, 0.2) is 4.99 Å². The van der Waals surface area contributed by atoms with Crippen LogP contribution in [0.5, 0.6) is 0 Å². The number of carboxylic acids is 1. The quantitative estimate of drug-likeness (QED) is 0.0509. The van der Waals surface area contributed by atoms with Crippen LogP contribution < -0.4 is 33.6 Å². The Kier molecular flexibility index (Phi) is 12.1. The van der Waals surface area contributed by atoms with Gasteiger partial charge in [0.15, 0.2) is 5.96 Å². The number of carbonyl (C=O) groups is 5. The zero-order valence-electron chi connectivity index (χ0n) is 18.8. The lowest BCUT2D eigenvalue weighted by molar-refractivity contribution is -0.145. The molecule has 11 N–H and O–H groups in total. The second-order valence-electron chi connectivity index (χ2n) is 7.89. The van der Waals surface area contributed by atoms with Gasteiger partial charge in [-0.15, -0.1) is 0 Å². The summed E-state index contributed by atoms with van der Waals surface area (Å²) in [5.41, 5.74) is 21.4. The lowest BCUT2D eigenvalue weighted by atomic mass is 10.1. The minimum atomic E-state index is -1.32. The highest BCUT2D eigenvalue weighted by molar-refractivity contribution is 7.80. The molecule has 14 nitrogen and oxygen atoms in total. The highest BCUT2D eigenvalue weighted by Crippen LogP contribution is 2.19. The van der Waals surface area contributed by atoms with Crippen LogP contribution in [0.1, 0.15) is 38.5 Å². The van der Waals surface area contributed by atoms with Crippen molar-refractivity contribution in [1.29, 1.82) is 0 Å². The molecule has 192 valence electrons. The van der Waals surface area contributed by atoms with Crippen molar-refractivity contribution in [2.24, 2.45) is 27.9 Å². The van der Waals surface area contributed by atoms with Crippen LogP contribution in [0.2, 0.25) is 0 Å². The van der Waals surface area contributed by atoms with Crippen molar-refractivity contribution in [3.05, 3.63) is 0 Å². The highest BCUT2D eigenvalue weighted by atomic mass is 32.1. The Morgan fingerprint density at radius 1 is 1.09 bits per heavy atom. The molecule has 34 heavy (non-hydrogen) atoms. The molecule has 0 saturated carbocycles. The number of thiol groups is 1. The molecule has 0 aromatic carbocycles. The summed E-state index contributed by atoms with van der Waals surface area (Å²) < 4.78 is 0. The Labute approximate surface area is 202 Å². The molecule has 1 aliphatic rings. The maximum Gasteiger partial charge on any atom is 0.326 e. The molecule has 0 aromatic heterocycles. The first-order valence-corrected chi connectivity index (χ1v) is 11.4. The highest BCUT2D eigenvalue weighted by Gasteiger charge is 2.38. The van der Waals surface area contributed by atoms with E-state index in [-0.39, 0.29) is 37.5 Å². The van der Waals surface area contributed by atoms with Crippen molar-refractivity contribution in [1.82, 2.24) is 15.5 Å². The number of likely N-dealkylation sites (tertiary alicyclic amines) is 1. The summed E-state index contributed by atoms with van der Waals surface area (Å²) in [6.07, 6.45) is 1.18. The normalized spacial score (nSPS) is 17.8. The molecule has 1 heterocycles. The second kappa shape index (κ2) is 14.2. The number of aliphatic carboxylic acids is 1. The largest absolute Gasteiger partial charge is 0.480 e. The number of guanidine groups is 1. The minimum absolute atomic E-state index is 0.0352. The van der Waals surface area contributed by atoms with Gasteiger partial charge in [-0.1, -0.05) is 0 Å². The Hall–Kier alpha value is -3.07.